The molecular weight excluding hydrogens is 490 g/mol. The molecule has 1 aliphatic rings. The molecule has 3 aromatic rings. The molecule has 8 nitrogen and oxygen atoms in total. The molecule has 0 saturated carbocycles. The van der Waals surface area contributed by atoms with Gasteiger partial charge in [-0.15, -0.1) is 0 Å². The monoisotopic (exact) mass is 525 g/mol. The van der Waals surface area contributed by atoms with Crippen LogP contribution in [-0.2, 0) is 14.9 Å². The zero-order valence-electron chi connectivity index (χ0n) is 23.1. The number of aliphatic imine (C=N–C) groups is 1. The van der Waals surface area contributed by atoms with Gasteiger partial charge in [-0.3, -0.25) is 9.79 Å². The molecule has 3 atom stereocenters. The molecule has 8 heteroatoms. The summed E-state index contributed by atoms with van der Waals surface area (Å²) in [5, 5.41) is 17.1. The Balaban J connectivity index is 1.54. The number of aryl methyl sites for hydroxylation is 1. The number of anilines is 1. The molecule has 1 aliphatic heterocycles. The van der Waals surface area contributed by atoms with E-state index in [0.29, 0.717) is 17.9 Å². The third-order valence-electron chi connectivity index (χ3n) is 6.95. The van der Waals surface area contributed by atoms with Gasteiger partial charge in [0.2, 0.25) is 0 Å². The molecular formula is C31H35N5O3. The van der Waals surface area contributed by atoms with E-state index in [1.165, 1.54) is 0 Å². The molecule has 1 aromatic heterocycles. The molecule has 0 aliphatic carbocycles. The number of benzene rings is 2. The van der Waals surface area contributed by atoms with Crippen LogP contribution in [0.5, 0.6) is 0 Å². The number of rotatable bonds is 10. The molecule has 0 saturated heterocycles. The Morgan fingerprint density at radius 3 is 2.82 bits per heavy atom. The number of ether oxygens (including phenoxy) is 2. The van der Waals surface area contributed by atoms with Gasteiger partial charge in [0.1, 0.15) is 0 Å². The van der Waals surface area contributed by atoms with Crippen molar-refractivity contribution in [3.8, 4) is 11.8 Å². The Morgan fingerprint density at radius 2 is 2.08 bits per heavy atom. The summed E-state index contributed by atoms with van der Waals surface area (Å²) in [7, 11) is 1.68. The summed E-state index contributed by atoms with van der Waals surface area (Å²) in [6.07, 6.45) is 10.1. The van der Waals surface area contributed by atoms with Gasteiger partial charge in [-0.25, -0.2) is 4.68 Å². The fraction of sp³-hybridized carbons (Fsp3) is 0.355. The molecule has 1 amide bonds. The van der Waals surface area contributed by atoms with E-state index < -0.39 is 5.41 Å². The van der Waals surface area contributed by atoms with Crippen LogP contribution in [0.2, 0.25) is 0 Å². The Labute approximate surface area is 230 Å². The number of nitrogens with one attached hydrogen (secondary N) is 1. The predicted octanol–water partition coefficient (Wildman–Crippen LogP) is 5.73. The summed E-state index contributed by atoms with van der Waals surface area (Å²) < 4.78 is 13.4. The molecule has 1 N–H and O–H groups in total. The number of hydrogen-bond acceptors (Lipinski definition) is 6. The van der Waals surface area contributed by atoms with Crippen LogP contribution in [0.15, 0.2) is 72.1 Å². The van der Waals surface area contributed by atoms with Crippen LogP contribution in [0.25, 0.3) is 5.69 Å². The minimum Gasteiger partial charge on any atom is -0.382 e. The van der Waals surface area contributed by atoms with Gasteiger partial charge in [0.15, 0.2) is 0 Å². The quantitative estimate of drug-likeness (QED) is 0.364. The Morgan fingerprint density at radius 1 is 1.26 bits per heavy atom. The largest absolute Gasteiger partial charge is 0.382 e. The smallest absolute Gasteiger partial charge is 0.255 e. The van der Waals surface area contributed by atoms with Gasteiger partial charge < -0.3 is 14.8 Å². The lowest BCUT2D eigenvalue weighted by Gasteiger charge is -2.27. The van der Waals surface area contributed by atoms with Crippen molar-refractivity contribution >= 4 is 17.8 Å². The highest BCUT2D eigenvalue weighted by atomic mass is 16.5. The zero-order chi connectivity index (χ0) is 28.0. The molecule has 2 aromatic carbocycles. The highest BCUT2D eigenvalue weighted by molar-refractivity contribution is 6.04. The highest BCUT2D eigenvalue weighted by Crippen LogP contribution is 2.28. The van der Waals surface area contributed by atoms with Crippen molar-refractivity contribution in [3.05, 3.63) is 89.4 Å². The predicted molar refractivity (Wildman–Crippen MR) is 153 cm³/mol. The van der Waals surface area contributed by atoms with Crippen LogP contribution >= 0.6 is 0 Å². The number of nitriles is 1. The van der Waals surface area contributed by atoms with Gasteiger partial charge in [-0.05, 0) is 68.7 Å². The first-order chi connectivity index (χ1) is 18.7. The normalized spacial score (nSPS) is 17.5. The number of hydrogen-bond donors (Lipinski definition) is 1. The molecule has 0 radical (unpaired) electrons. The lowest BCUT2D eigenvalue weighted by atomic mass is 9.85. The average molecular weight is 526 g/mol. The minimum atomic E-state index is -0.685. The summed E-state index contributed by atoms with van der Waals surface area (Å²) in [5.41, 5.74) is 4.09. The maximum Gasteiger partial charge on any atom is 0.255 e. The Hall–Kier alpha value is -4.06. The molecule has 0 spiro atoms. The second-order valence-electron chi connectivity index (χ2n) is 10.2. The molecule has 0 bridgehead atoms. The molecule has 2 heterocycles. The molecule has 39 heavy (non-hydrogen) atoms. The van der Waals surface area contributed by atoms with Crippen LogP contribution in [0.3, 0.4) is 0 Å². The maximum atomic E-state index is 13.1. The van der Waals surface area contributed by atoms with Crippen molar-refractivity contribution in [2.24, 2.45) is 4.99 Å². The first-order valence-corrected chi connectivity index (χ1v) is 13.1. The number of carbonyl (C=O) groups excluding carboxylic acids is 1. The van der Waals surface area contributed by atoms with E-state index in [1.807, 2.05) is 74.4 Å². The van der Waals surface area contributed by atoms with Gasteiger partial charge in [0, 0.05) is 42.5 Å². The van der Waals surface area contributed by atoms with Gasteiger partial charge in [-0.1, -0.05) is 25.1 Å². The molecule has 3 unspecified atom stereocenters. The lowest BCUT2D eigenvalue weighted by molar-refractivity contribution is -0.0340. The summed E-state index contributed by atoms with van der Waals surface area (Å²) in [5.74, 6) is -0.323. The van der Waals surface area contributed by atoms with E-state index in [-0.39, 0.29) is 24.0 Å². The number of methoxy groups -OCH3 is 1. The fourth-order valence-electron chi connectivity index (χ4n) is 4.44. The average Bonchev–Trinajstić information content (AvgIpc) is 3.44. The zero-order valence-corrected chi connectivity index (χ0v) is 23.1. The number of amides is 1. The molecule has 202 valence electrons. The molecule has 4 rings (SSSR count). The number of carbonyl (C=O) groups is 1. The van der Waals surface area contributed by atoms with Crippen molar-refractivity contribution in [3.63, 3.8) is 0 Å². The molecule has 0 fully saturated rings. The van der Waals surface area contributed by atoms with E-state index in [9.17, 15) is 10.1 Å². The second kappa shape index (κ2) is 12.2. The number of aromatic nitrogens is 2. The van der Waals surface area contributed by atoms with Crippen LogP contribution in [0.1, 0.15) is 60.2 Å². The van der Waals surface area contributed by atoms with Crippen molar-refractivity contribution in [1.82, 2.24) is 9.78 Å². The van der Waals surface area contributed by atoms with E-state index in [4.69, 9.17) is 9.47 Å². The van der Waals surface area contributed by atoms with Gasteiger partial charge in [0.05, 0.1) is 48.1 Å². The van der Waals surface area contributed by atoms with E-state index in [1.54, 1.807) is 31.5 Å². The van der Waals surface area contributed by atoms with Gasteiger partial charge in [-0.2, -0.15) is 10.4 Å². The standard InChI is InChI=1S/C31H35N5O3/c1-6-26(19-38-5)39-29-12-13-33-17-27(29)23-16-34-36(18-23)28-15-25(11-10-21(28)2)35-30(37)22-8-7-9-24(14-22)31(3,4)20-32/h7-18,26-27,29H,6,19H2,1-5H3,(H,35,37). The van der Waals surface area contributed by atoms with Crippen LogP contribution in [-0.4, -0.2) is 47.8 Å². The highest BCUT2D eigenvalue weighted by Gasteiger charge is 2.26. The van der Waals surface area contributed by atoms with Crippen molar-refractivity contribution in [2.75, 3.05) is 19.0 Å². The topological polar surface area (TPSA) is 102 Å². The van der Waals surface area contributed by atoms with Gasteiger partial charge in [0.25, 0.3) is 5.91 Å². The Kier molecular flexibility index (Phi) is 8.75. The van der Waals surface area contributed by atoms with Crippen LogP contribution < -0.4 is 5.32 Å². The summed E-state index contributed by atoms with van der Waals surface area (Å²) in [4.78, 5) is 17.4. The third-order valence-corrected chi connectivity index (χ3v) is 6.95. The second-order valence-corrected chi connectivity index (χ2v) is 10.2. The SMILES string of the molecule is CCC(COC)OC1C=CN=CC1c1cnn(-c2cc(NC(=O)c3cccc(C(C)(C)C#N)c3)ccc2C)c1. The van der Waals surface area contributed by atoms with E-state index >= 15 is 0 Å². The third kappa shape index (κ3) is 6.51. The van der Waals surface area contributed by atoms with Crippen LogP contribution in [0, 0.1) is 18.3 Å². The van der Waals surface area contributed by atoms with Gasteiger partial charge >= 0.3 is 0 Å². The van der Waals surface area contributed by atoms with Crippen LogP contribution in [0.4, 0.5) is 5.69 Å². The van der Waals surface area contributed by atoms with Crippen molar-refractivity contribution < 1.29 is 14.3 Å². The summed E-state index contributed by atoms with van der Waals surface area (Å²) in [6, 6.07) is 15.2. The summed E-state index contributed by atoms with van der Waals surface area (Å²) in [6.45, 7) is 8.28. The van der Waals surface area contributed by atoms with Crippen molar-refractivity contribution in [2.45, 2.75) is 57.7 Å². The lowest BCUT2D eigenvalue weighted by Crippen LogP contribution is -2.30. The summed E-state index contributed by atoms with van der Waals surface area (Å²) >= 11 is 0. The first kappa shape index (κ1) is 28.0. The van der Waals surface area contributed by atoms with E-state index in [2.05, 4.69) is 28.4 Å². The number of nitrogens with zero attached hydrogens (tertiary/aromatic N) is 4. The Bertz CT molecular complexity index is 1420. The fourth-order valence-corrected chi connectivity index (χ4v) is 4.44. The van der Waals surface area contributed by atoms with Crippen molar-refractivity contribution in [1.29, 1.82) is 5.26 Å². The first-order valence-electron chi connectivity index (χ1n) is 13.1. The van der Waals surface area contributed by atoms with E-state index in [0.717, 1.165) is 28.8 Å². The maximum absolute atomic E-state index is 13.1. The minimum absolute atomic E-state index is 0.0112.